The van der Waals surface area contributed by atoms with E-state index in [2.05, 4.69) is 47.1 Å². The van der Waals surface area contributed by atoms with E-state index in [0.29, 0.717) is 6.04 Å². The zero-order valence-electron chi connectivity index (χ0n) is 11.1. The lowest BCUT2D eigenvalue weighted by Crippen LogP contribution is -2.40. The highest BCUT2D eigenvalue weighted by Gasteiger charge is 2.25. The first-order valence-corrected chi connectivity index (χ1v) is 6.42. The normalized spacial score (nSPS) is 14.2. The molecule has 0 radical (unpaired) electrons. The Bertz CT molecular complexity index is 363. The van der Waals surface area contributed by atoms with Gasteiger partial charge in [-0.3, -0.25) is 4.68 Å². The second-order valence-corrected chi connectivity index (χ2v) is 6.17. The summed E-state index contributed by atoms with van der Waals surface area (Å²) in [6.07, 6.45) is 0.984. The molecule has 1 heterocycles. The van der Waals surface area contributed by atoms with Crippen LogP contribution >= 0.6 is 15.9 Å². The van der Waals surface area contributed by atoms with Crippen LogP contribution in [-0.2, 0) is 13.5 Å². The van der Waals surface area contributed by atoms with Crippen LogP contribution in [0.15, 0.2) is 4.47 Å². The summed E-state index contributed by atoms with van der Waals surface area (Å²) in [4.78, 5) is 0. The second kappa shape index (κ2) is 4.88. The van der Waals surface area contributed by atoms with Crippen LogP contribution in [0.5, 0.6) is 0 Å². The van der Waals surface area contributed by atoms with Crippen molar-refractivity contribution in [3.8, 4) is 0 Å². The zero-order chi connectivity index (χ0) is 12.5. The molecule has 1 aromatic heterocycles. The van der Waals surface area contributed by atoms with Gasteiger partial charge in [0.15, 0.2) is 0 Å². The molecular weight excluding hydrogens is 266 g/mol. The Morgan fingerprint density at radius 3 is 2.31 bits per heavy atom. The van der Waals surface area contributed by atoms with Crippen LogP contribution in [0.3, 0.4) is 0 Å². The lowest BCUT2D eigenvalue weighted by atomic mass is 9.84. The Labute approximate surface area is 107 Å². The van der Waals surface area contributed by atoms with Gasteiger partial charge in [-0.1, -0.05) is 20.8 Å². The molecule has 1 aromatic rings. The molecule has 0 fully saturated rings. The van der Waals surface area contributed by atoms with Crippen LogP contribution in [-0.4, -0.2) is 22.9 Å². The molecule has 3 nitrogen and oxygen atoms in total. The van der Waals surface area contributed by atoms with E-state index >= 15 is 0 Å². The fraction of sp³-hybridized carbons (Fsp3) is 0.750. The number of nitrogens with zero attached hydrogens (tertiary/aromatic N) is 2. The molecule has 1 atom stereocenters. The maximum atomic E-state index is 4.42. The van der Waals surface area contributed by atoms with Crippen molar-refractivity contribution >= 4 is 15.9 Å². The van der Waals surface area contributed by atoms with E-state index in [9.17, 15) is 0 Å². The van der Waals surface area contributed by atoms with E-state index in [4.69, 9.17) is 0 Å². The molecule has 92 valence electrons. The molecule has 0 amide bonds. The monoisotopic (exact) mass is 287 g/mol. The fourth-order valence-corrected chi connectivity index (χ4v) is 2.43. The predicted molar refractivity (Wildman–Crippen MR) is 71.7 cm³/mol. The summed E-state index contributed by atoms with van der Waals surface area (Å²) in [5.41, 5.74) is 2.56. The molecular formula is C12H22BrN3. The smallest absolute Gasteiger partial charge is 0.0738 e. The summed E-state index contributed by atoms with van der Waals surface area (Å²) >= 11 is 3.61. The van der Waals surface area contributed by atoms with Crippen molar-refractivity contribution < 1.29 is 0 Å². The van der Waals surface area contributed by atoms with E-state index < -0.39 is 0 Å². The van der Waals surface area contributed by atoms with Crippen LogP contribution in [0.1, 0.15) is 32.2 Å². The number of rotatable bonds is 3. The molecule has 1 unspecified atom stereocenters. The van der Waals surface area contributed by atoms with Gasteiger partial charge in [0.1, 0.15) is 0 Å². The number of aryl methyl sites for hydroxylation is 2. The van der Waals surface area contributed by atoms with E-state index in [1.54, 1.807) is 0 Å². The molecule has 0 saturated heterocycles. The van der Waals surface area contributed by atoms with Crippen LogP contribution in [0, 0.1) is 12.3 Å². The molecule has 0 bridgehead atoms. The third-order valence-corrected chi connectivity index (χ3v) is 4.08. The third kappa shape index (κ3) is 2.86. The summed E-state index contributed by atoms with van der Waals surface area (Å²) in [6.45, 7) is 8.79. The Balaban J connectivity index is 2.95. The third-order valence-electron chi connectivity index (χ3n) is 3.05. The Morgan fingerprint density at radius 2 is 2.00 bits per heavy atom. The summed E-state index contributed by atoms with van der Waals surface area (Å²) in [5, 5.41) is 7.81. The highest BCUT2D eigenvalue weighted by molar-refractivity contribution is 9.10. The summed E-state index contributed by atoms with van der Waals surface area (Å²) in [5.74, 6) is 0. The molecule has 0 aliphatic heterocycles. The lowest BCUT2D eigenvalue weighted by molar-refractivity contribution is 0.276. The molecule has 1 rings (SSSR count). The van der Waals surface area contributed by atoms with Crippen LogP contribution in [0.4, 0.5) is 0 Å². The van der Waals surface area contributed by atoms with Gasteiger partial charge >= 0.3 is 0 Å². The maximum absolute atomic E-state index is 4.42. The van der Waals surface area contributed by atoms with Gasteiger partial charge in [0.25, 0.3) is 0 Å². The lowest BCUT2D eigenvalue weighted by Gasteiger charge is -2.30. The highest BCUT2D eigenvalue weighted by atomic mass is 79.9. The Hall–Kier alpha value is -0.350. The minimum Gasteiger partial charge on any atom is -0.316 e. The molecule has 0 saturated carbocycles. The summed E-state index contributed by atoms with van der Waals surface area (Å²) < 4.78 is 3.11. The molecule has 0 spiro atoms. The number of hydrogen-bond acceptors (Lipinski definition) is 2. The van der Waals surface area contributed by atoms with Crippen molar-refractivity contribution in [2.24, 2.45) is 12.5 Å². The predicted octanol–water partition coefficient (Wildman–Crippen LogP) is 2.67. The van der Waals surface area contributed by atoms with Crippen LogP contribution in [0.25, 0.3) is 0 Å². The minimum absolute atomic E-state index is 0.242. The van der Waals surface area contributed by atoms with Gasteiger partial charge in [-0.25, -0.2) is 0 Å². The average molecular weight is 288 g/mol. The number of aromatic nitrogens is 2. The summed E-state index contributed by atoms with van der Waals surface area (Å²) in [6, 6.07) is 0.443. The van der Waals surface area contributed by atoms with Gasteiger partial charge in [-0.15, -0.1) is 0 Å². The van der Waals surface area contributed by atoms with E-state index in [-0.39, 0.29) is 5.41 Å². The van der Waals surface area contributed by atoms with E-state index in [1.807, 2.05) is 25.7 Å². The first kappa shape index (κ1) is 13.7. The largest absolute Gasteiger partial charge is 0.316 e. The number of halogens is 1. The topological polar surface area (TPSA) is 29.9 Å². The van der Waals surface area contributed by atoms with Gasteiger partial charge in [0, 0.05) is 19.5 Å². The molecule has 16 heavy (non-hydrogen) atoms. The van der Waals surface area contributed by atoms with Crippen LogP contribution < -0.4 is 5.32 Å². The van der Waals surface area contributed by atoms with Crippen molar-refractivity contribution in [1.29, 1.82) is 0 Å². The van der Waals surface area contributed by atoms with Crippen molar-refractivity contribution in [1.82, 2.24) is 15.1 Å². The van der Waals surface area contributed by atoms with Crippen molar-refractivity contribution in [3.05, 3.63) is 15.9 Å². The zero-order valence-corrected chi connectivity index (χ0v) is 12.6. The van der Waals surface area contributed by atoms with Gasteiger partial charge in [0.05, 0.1) is 15.9 Å². The van der Waals surface area contributed by atoms with E-state index in [0.717, 1.165) is 16.6 Å². The highest BCUT2D eigenvalue weighted by Crippen LogP contribution is 2.27. The Morgan fingerprint density at radius 1 is 1.44 bits per heavy atom. The fourth-order valence-electron chi connectivity index (χ4n) is 1.94. The first-order valence-electron chi connectivity index (χ1n) is 5.62. The number of nitrogens with one attached hydrogen (secondary N) is 1. The maximum Gasteiger partial charge on any atom is 0.0738 e. The SMILES string of the molecule is CNC(Cc1c(Br)c(C)nn1C)C(C)(C)C. The Kier molecular flexibility index (Phi) is 4.18. The average Bonchev–Trinajstić information content (AvgIpc) is 2.37. The number of likely N-dealkylation sites (N-methyl/N-ethyl adjacent to an activating group) is 1. The second-order valence-electron chi connectivity index (χ2n) is 5.38. The van der Waals surface area contributed by atoms with Gasteiger partial charge in [0.2, 0.25) is 0 Å². The van der Waals surface area contributed by atoms with E-state index in [1.165, 1.54) is 5.69 Å². The molecule has 4 heteroatoms. The van der Waals surface area contributed by atoms with Gasteiger partial charge < -0.3 is 5.32 Å². The molecule has 0 aromatic carbocycles. The standard InChI is InChI=1S/C12H22BrN3/c1-8-11(13)9(16(6)15-8)7-10(14-5)12(2,3)4/h10,14H,7H2,1-6H3. The van der Waals surface area contributed by atoms with Crippen molar-refractivity contribution in [3.63, 3.8) is 0 Å². The molecule has 0 aliphatic rings. The van der Waals surface area contributed by atoms with Crippen molar-refractivity contribution in [2.45, 2.75) is 40.2 Å². The number of hydrogen-bond donors (Lipinski definition) is 1. The van der Waals surface area contributed by atoms with Gasteiger partial charge in [-0.2, -0.15) is 5.10 Å². The van der Waals surface area contributed by atoms with Gasteiger partial charge in [-0.05, 0) is 35.3 Å². The molecule has 0 aliphatic carbocycles. The first-order chi connectivity index (χ1) is 7.27. The quantitative estimate of drug-likeness (QED) is 0.926. The minimum atomic E-state index is 0.242. The molecule has 1 N–H and O–H groups in total. The van der Waals surface area contributed by atoms with Crippen molar-refractivity contribution in [2.75, 3.05) is 7.05 Å². The van der Waals surface area contributed by atoms with Crippen LogP contribution in [0.2, 0.25) is 0 Å². The summed E-state index contributed by atoms with van der Waals surface area (Å²) in [7, 11) is 4.02.